The number of hydrogen-bond acceptors (Lipinski definition) is 3. The van der Waals surface area contributed by atoms with Crippen LogP contribution in [0.1, 0.15) is 30.9 Å². The molecule has 1 aromatic rings. The van der Waals surface area contributed by atoms with E-state index in [4.69, 9.17) is 4.74 Å². The van der Waals surface area contributed by atoms with Crippen LogP contribution < -0.4 is 4.74 Å². The fraction of sp³-hybridized carbons (Fsp3) is 0.529. The summed E-state index contributed by atoms with van der Waals surface area (Å²) >= 11 is 0. The monoisotopic (exact) mass is 304 g/mol. The van der Waals surface area contributed by atoms with E-state index >= 15 is 0 Å². The molecule has 0 spiro atoms. The van der Waals surface area contributed by atoms with Crippen molar-refractivity contribution in [1.29, 1.82) is 0 Å². The van der Waals surface area contributed by atoms with Crippen LogP contribution in [0.2, 0.25) is 0 Å². The molecule has 0 aromatic heterocycles. The summed E-state index contributed by atoms with van der Waals surface area (Å²) in [6.07, 6.45) is 1.24. The van der Waals surface area contributed by atoms with Gasteiger partial charge in [-0.15, -0.1) is 0 Å². The molecule has 1 fully saturated rings. The van der Waals surface area contributed by atoms with E-state index in [9.17, 15) is 9.59 Å². The number of carbonyl (C=O) groups excluding carboxylic acids is 2. The third-order valence-electron chi connectivity index (χ3n) is 4.09. The van der Waals surface area contributed by atoms with Gasteiger partial charge in [-0.25, -0.2) is 0 Å². The predicted molar refractivity (Wildman–Crippen MR) is 85.0 cm³/mol. The Morgan fingerprint density at radius 2 is 1.95 bits per heavy atom. The summed E-state index contributed by atoms with van der Waals surface area (Å²) < 4.78 is 5.37. The molecule has 0 N–H and O–H groups in total. The first kappa shape index (κ1) is 16.3. The van der Waals surface area contributed by atoms with Gasteiger partial charge in [-0.2, -0.15) is 0 Å². The Balaban J connectivity index is 2.03. The molecular formula is C17H24N2O3. The molecular weight excluding hydrogens is 280 g/mol. The van der Waals surface area contributed by atoms with Crippen molar-refractivity contribution in [2.24, 2.45) is 0 Å². The summed E-state index contributed by atoms with van der Waals surface area (Å²) in [6.45, 7) is 6.70. The first-order chi connectivity index (χ1) is 10.5. The average molecular weight is 304 g/mol. The van der Waals surface area contributed by atoms with Gasteiger partial charge in [0.25, 0.3) is 0 Å². The van der Waals surface area contributed by atoms with Gasteiger partial charge in [0, 0.05) is 26.2 Å². The predicted octanol–water partition coefficient (Wildman–Crippen LogP) is 1.66. The zero-order chi connectivity index (χ0) is 16.1. The Hall–Kier alpha value is -2.04. The maximum absolute atomic E-state index is 12.4. The molecule has 0 radical (unpaired) electrons. The highest BCUT2D eigenvalue weighted by molar-refractivity contribution is 5.79. The van der Waals surface area contributed by atoms with Crippen LogP contribution >= 0.6 is 0 Å². The molecule has 22 heavy (non-hydrogen) atoms. The minimum absolute atomic E-state index is 0.116. The lowest BCUT2D eigenvalue weighted by Gasteiger charge is -2.32. The number of piperazine rings is 1. The van der Waals surface area contributed by atoms with E-state index in [0.29, 0.717) is 38.5 Å². The summed E-state index contributed by atoms with van der Waals surface area (Å²) in [6, 6.07) is 5.94. The summed E-state index contributed by atoms with van der Waals surface area (Å²) in [5.41, 5.74) is 2.13. The van der Waals surface area contributed by atoms with Crippen LogP contribution in [-0.2, 0) is 16.0 Å². The molecule has 1 aliphatic rings. The van der Waals surface area contributed by atoms with Gasteiger partial charge in [-0.05, 0) is 23.1 Å². The number of amides is 2. The second kappa shape index (κ2) is 7.29. The molecule has 5 nitrogen and oxygen atoms in total. The molecule has 5 heteroatoms. The number of benzene rings is 1. The number of rotatable bonds is 5. The molecule has 2 amide bonds. The minimum Gasteiger partial charge on any atom is -0.496 e. The molecule has 1 saturated heterocycles. The van der Waals surface area contributed by atoms with E-state index in [-0.39, 0.29) is 5.91 Å². The van der Waals surface area contributed by atoms with Crippen molar-refractivity contribution in [1.82, 2.24) is 9.80 Å². The number of methoxy groups -OCH3 is 1. The number of hydrogen-bond donors (Lipinski definition) is 0. The van der Waals surface area contributed by atoms with Crippen LogP contribution in [0.4, 0.5) is 0 Å². The molecule has 0 aliphatic carbocycles. The minimum atomic E-state index is 0.116. The fourth-order valence-corrected chi connectivity index (χ4v) is 2.71. The number of carbonyl (C=O) groups is 2. The highest BCUT2D eigenvalue weighted by Crippen LogP contribution is 2.27. The van der Waals surface area contributed by atoms with E-state index in [0.717, 1.165) is 23.3 Å². The second-order valence-corrected chi connectivity index (χ2v) is 5.93. The Kier molecular flexibility index (Phi) is 5.41. The van der Waals surface area contributed by atoms with Crippen molar-refractivity contribution in [3.8, 4) is 5.75 Å². The smallest absolute Gasteiger partial charge is 0.227 e. The van der Waals surface area contributed by atoms with Crippen LogP contribution in [0.15, 0.2) is 18.2 Å². The lowest BCUT2D eigenvalue weighted by molar-refractivity contribution is -0.134. The second-order valence-electron chi connectivity index (χ2n) is 5.93. The summed E-state index contributed by atoms with van der Waals surface area (Å²) in [4.78, 5) is 26.6. The lowest BCUT2D eigenvalue weighted by Crippen LogP contribution is -2.48. The normalized spacial score (nSPS) is 15.1. The van der Waals surface area contributed by atoms with Crippen molar-refractivity contribution >= 4 is 12.3 Å². The maximum atomic E-state index is 12.4. The lowest BCUT2D eigenvalue weighted by atomic mass is 9.98. The van der Waals surface area contributed by atoms with E-state index in [1.807, 2.05) is 17.0 Å². The molecule has 120 valence electrons. The highest BCUT2D eigenvalue weighted by atomic mass is 16.5. The largest absolute Gasteiger partial charge is 0.496 e. The fourth-order valence-electron chi connectivity index (χ4n) is 2.71. The Bertz CT molecular complexity index is 535. The molecule has 1 aliphatic heterocycles. The van der Waals surface area contributed by atoms with Crippen molar-refractivity contribution in [2.75, 3.05) is 33.3 Å². The molecule has 0 saturated carbocycles. The Morgan fingerprint density at radius 1 is 1.27 bits per heavy atom. The van der Waals surface area contributed by atoms with Crippen molar-refractivity contribution in [3.05, 3.63) is 29.3 Å². The third kappa shape index (κ3) is 3.78. The Morgan fingerprint density at radius 3 is 2.50 bits per heavy atom. The van der Waals surface area contributed by atoms with Gasteiger partial charge < -0.3 is 14.5 Å². The topological polar surface area (TPSA) is 49.9 Å². The first-order valence-corrected chi connectivity index (χ1v) is 7.69. The van der Waals surface area contributed by atoms with Gasteiger partial charge >= 0.3 is 0 Å². The first-order valence-electron chi connectivity index (χ1n) is 7.69. The summed E-state index contributed by atoms with van der Waals surface area (Å²) in [7, 11) is 1.67. The molecule has 0 unspecified atom stereocenters. The van der Waals surface area contributed by atoms with Gasteiger partial charge in [-0.3, -0.25) is 9.59 Å². The van der Waals surface area contributed by atoms with Crippen LogP contribution in [0.5, 0.6) is 5.75 Å². The number of ether oxygens (including phenoxy) is 1. The van der Waals surface area contributed by atoms with E-state index < -0.39 is 0 Å². The van der Waals surface area contributed by atoms with Gasteiger partial charge in [0.1, 0.15) is 5.75 Å². The van der Waals surface area contributed by atoms with Gasteiger partial charge in [0.05, 0.1) is 13.5 Å². The summed E-state index contributed by atoms with van der Waals surface area (Å²) in [5.74, 6) is 1.33. The quantitative estimate of drug-likeness (QED) is 0.777. The van der Waals surface area contributed by atoms with Gasteiger partial charge in [0.15, 0.2) is 0 Å². The molecule has 1 heterocycles. The SMILES string of the molecule is COc1ccc(CC(=O)N2CCN(C=O)CC2)cc1C(C)C. The standard InChI is InChI=1S/C17H24N2O3/c1-13(2)15-10-14(4-5-16(15)22-3)11-17(21)19-8-6-18(12-20)7-9-19/h4-5,10,12-13H,6-9,11H2,1-3H3. The molecule has 2 rings (SSSR count). The zero-order valence-corrected chi connectivity index (χ0v) is 13.5. The van der Waals surface area contributed by atoms with Crippen LogP contribution in [0.25, 0.3) is 0 Å². The number of nitrogens with zero attached hydrogens (tertiary/aromatic N) is 2. The van der Waals surface area contributed by atoms with E-state index in [1.165, 1.54) is 0 Å². The third-order valence-corrected chi connectivity index (χ3v) is 4.09. The maximum Gasteiger partial charge on any atom is 0.227 e. The van der Waals surface area contributed by atoms with Crippen molar-refractivity contribution in [3.63, 3.8) is 0 Å². The van der Waals surface area contributed by atoms with Gasteiger partial charge in [0.2, 0.25) is 12.3 Å². The molecule has 0 bridgehead atoms. The van der Waals surface area contributed by atoms with Crippen LogP contribution in [0, 0.1) is 0 Å². The zero-order valence-electron chi connectivity index (χ0n) is 13.5. The van der Waals surface area contributed by atoms with Crippen molar-refractivity contribution < 1.29 is 14.3 Å². The molecule has 0 atom stereocenters. The van der Waals surface area contributed by atoms with Crippen molar-refractivity contribution in [2.45, 2.75) is 26.2 Å². The van der Waals surface area contributed by atoms with E-state index in [1.54, 1.807) is 12.0 Å². The summed E-state index contributed by atoms with van der Waals surface area (Å²) in [5, 5.41) is 0. The molecule has 1 aromatic carbocycles. The highest BCUT2D eigenvalue weighted by Gasteiger charge is 2.20. The average Bonchev–Trinajstić information content (AvgIpc) is 2.54. The van der Waals surface area contributed by atoms with Crippen LogP contribution in [0.3, 0.4) is 0 Å². The van der Waals surface area contributed by atoms with Gasteiger partial charge in [-0.1, -0.05) is 26.0 Å². The van der Waals surface area contributed by atoms with Crippen LogP contribution in [-0.4, -0.2) is 55.4 Å². The Labute approximate surface area is 131 Å². The van der Waals surface area contributed by atoms with E-state index in [2.05, 4.69) is 19.9 Å².